The number of esters is 1. The van der Waals surface area contributed by atoms with E-state index in [9.17, 15) is 4.79 Å². The third-order valence-electron chi connectivity index (χ3n) is 6.04. The van der Waals surface area contributed by atoms with Crippen molar-refractivity contribution in [3.8, 4) is 0 Å². The molecule has 0 amide bonds. The van der Waals surface area contributed by atoms with Gasteiger partial charge < -0.3 is 14.2 Å². The van der Waals surface area contributed by atoms with Crippen LogP contribution in [0.1, 0.15) is 19.3 Å². The standard InChI is InChI=1S/C21H21ClN4O2/c22-15-1-2-17-18(11-15)24-6-3-19(17)26-8-4-21(5-9-26)12-16(28-20(21)27)13-25-10-7-23-14-25/h1-3,6-7,10-11,14,16H,4-5,8-9,12-13H2. The van der Waals surface area contributed by atoms with Gasteiger partial charge in [-0.05, 0) is 37.1 Å². The number of imidazole rings is 1. The Kier molecular flexibility index (Phi) is 4.23. The van der Waals surface area contributed by atoms with E-state index in [1.54, 1.807) is 12.5 Å². The van der Waals surface area contributed by atoms with E-state index in [2.05, 4.69) is 14.9 Å². The highest BCUT2D eigenvalue weighted by Gasteiger charge is 2.50. The Balaban J connectivity index is 1.32. The lowest BCUT2D eigenvalue weighted by atomic mass is 9.76. The Labute approximate surface area is 168 Å². The number of fused-ring (bicyclic) bond motifs is 1. The molecule has 6 nitrogen and oxygen atoms in total. The summed E-state index contributed by atoms with van der Waals surface area (Å²) in [5.74, 6) is -0.0383. The van der Waals surface area contributed by atoms with Gasteiger partial charge in [-0.3, -0.25) is 9.78 Å². The molecule has 2 fully saturated rings. The molecule has 1 aromatic carbocycles. The van der Waals surface area contributed by atoms with Gasteiger partial charge in [0.05, 0.1) is 23.8 Å². The minimum absolute atomic E-state index is 0.0383. The first-order valence-corrected chi connectivity index (χ1v) is 9.97. The molecule has 0 aliphatic carbocycles. The number of cyclic esters (lactones) is 1. The van der Waals surface area contributed by atoms with E-state index in [0.717, 1.165) is 48.9 Å². The molecule has 4 heterocycles. The zero-order valence-corrected chi connectivity index (χ0v) is 16.2. The summed E-state index contributed by atoms with van der Waals surface area (Å²) in [6.45, 7) is 2.33. The van der Waals surface area contributed by atoms with Crippen molar-refractivity contribution in [1.29, 1.82) is 0 Å². The van der Waals surface area contributed by atoms with Gasteiger partial charge in [-0.1, -0.05) is 11.6 Å². The number of pyridine rings is 1. The number of benzene rings is 1. The lowest BCUT2D eigenvalue weighted by Crippen LogP contribution is -2.42. The minimum atomic E-state index is -0.353. The number of aromatic nitrogens is 3. The largest absolute Gasteiger partial charge is 0.460 e. The summed E-state index contributed by atoms with van der Waals surface area (Å²) < 4.78 is 7.69. The summed E-state index contributed by atoms with van der Waals surface area (Å²) in [7, 11) is 0. The van der Waals surface area contributed by atoms with Crippen LogP contribution in [0.25, 0.3) is 10.9 Å². The van der Waals surface area contributed by atoms with Crippen molar-refractivity contribution in [3.05, 3.63) is 54.2 Å². The Morgan fingerprint density at radius 3 is 2.86 bits per heavy atom. The average Bonchev–Trinajstić information content (AvgIpc) is 3.30. The van der Waals surface area contributed by atoms with Crippen LogP contribution in [0.5, 0.6) is 0 Å². The third kappa shape index (κ3) is 3.02. The molecule has 0 N–H and O–H groups in total. The van der Waals surface area contributed by atoms with Crippen molar-refractivity contribution < 1.29 is 9.53 Å². The van der Waals surface area contributed by atoms with Crippen molar-refractivity contribution in [2.75, 3.05) is 18.0 Å². The van der Waals surface area contributed by atoms with Crippen molar-refractivity contribution in [2.45, 2.75) is 31.9 Å². The van der Waals surface area contributed by atoms with Gasteiger partial charge in [-0.15, -0.1) is 0 Å². The average molecular weight is 397 g/mol. The fraction of sp³-hybridized carbons (Fsp3) is 0.381. The quantitative estimate of drug-likeness (QED) is 0.632. The first-order valence-electron chi connectivity index (χ1n) is 9.59. The van der Waals surface area contributed by atoms with E-state index >= 15 is 0 Å². The lowest BCUT2D eigenvalue weighted by molar-refractivity contribution is -0.150. The molecule has 1 unspecified atom stereocenters. The van der Waals surface area contributed by atoms with Crippen LogP contribution in [0.15, 0.2) is 49.2 Å². The smallest absolute Gasteiger partial charge is 0.312 e. The number of piperidine rings is 1. The molecular formula is C21H21ClN4O2. The van der Waals surface area contributed by atoms with Crippen LogP contribution in [-0.2, 0) is 16.1 Å². The van der Waals surface area contributed by atoms with E-state index in [1.807, 2.05) is 41.2 Å². The van der Waals surface area contributed by atoms with Crippen LogP contribution < -0.4 is 4.90 Å². The van der Waals surface area contributed by atoms with Crippen molar-refractivity contribution in [3.63, 3.8) is 0 Å². The SMILES string of the molecule is O=C1OC(Cn2ccnc2)CC12CCN(c1ccnc3cc(Cl)ccc13)CC2. The number of hydrogen-bond donors (Lipinski definition) is 0. The highest BCUT2D eigenvalue weighted by Crippen LogP contribution is 2.44. The topological polar surface area (TPSA) is 60.3 Å². The first kappa shape index (κ1) is 17.5. The van der Waals surface area contributed by atoms with Gasteiger partial charge in [-0.2, -0.15) is 0 Å². The second-order valence-electron chi connectivity index (χ2n) is 7.75. The van der Waals surface area contributed by atoms with Gasteiger partial charge >= 0.3 is 5.97 Å². The van der Waals surface area contributed by atoms with Gasteiger partial charge in [0.25, 0.3) is 0 Å². The summed E-state index contributed by atoms with van der Waals surface area (Å²) in [5, 5.41) is 1.78. The zero-order valence-electron chi connectivity index (χ0n) is 15.4. The maximum Gasteiger partial charge on any atom is 0.312 e. The van der Waals surface area contributed by atoms with Crippen molar-refractivity contribution in [1.82, 2.24) is 14.5 Å². The Morgan fingerprint density at radius 2 is 2.07 bits per heavy atom. The summed E-state index contributed by atoms with van der Waals surface area (Å²) >= 11 is 6.11. The molecule has 1 spiro atoms. The molecular weight excluding hydrogens is 376 g/mol. The molecule has 144 valence electrons. The Hall–Kier alpha value is -2.60. The second kappa shape index (κ2) is 6.78. The van der Waals surface area contributed by atoms with Gasteiger partial charge in [0.1, 0.15) is 6.10 Å². The van der Waals surface area contributed by atoms with Crippen molar-refractivity contribution >= 4 is 34.2 Å². The zero-order chi connectivity index (χ0) is 19.1. The molecule has 0 saturated carbocycles. The van der Waals surface area contributed by atoms with Gasteiger partial charge in [-0.25, -0.2) is 4.98 Å². The monoisotopic (exact) mass is 396 g/mol. The van der Waals surface area contributed by atoms with Gasteiger partial charge in [0, 0.05) is 54.2 Å². The molecule has 5 rings (SSSR count). The highest BCUT2D eigenvalue weighted by atomic mass is 35.5. The Morgan fingerprint density at radius 1 is 1.21 bits per heavy atom. The summed E-state index contributed by atoms with van der Waals surface area (Å²) in [6.07, 6.45) is 9.57. The summed E-state index contributed by atoms with van der Waals surface area (Å²) in [6, 6.07) is 7.86. The van der Waals surface area contributed by atoms with E-state index in [-0.39, 0.29) is 17.5 Å². The first-order chi connectivity index (χ1) is 13.6. The maximum absolute atomic E-state index is 12.7. The van der Waals surface area contributed by atoms with Crippen molar-refractivity contribution in [2.24, 2.45) is 5.41 Å². The number of carbonyl (C=O) groups is 1. The van der Waals surface area contributed by atoms with Crippen LogP contribution in [0.3, 0.4) is 0 Å². The summed E-state index contributed by atoms with van der Waals surface area (Å²) in [4.78, 5) is 23.5. The predicted molar refractivity (Wildman–Crippen MR) is 107 cm³/mol. The van der Waals surface area contributed by atoms with Crippen LogP contribution in [-0.4, -0.2) is 39.7 Å². The molecule has 2 aromatic heterocycles. The molecule has 2 saturated heterocycles. The second-order valence-corrected chi connectivity index (χ2v) is 8.19. The van der Waals surface area contributed by atoms with E-state index in [1.165, 1.54) is 0 Å². The van der Waals surface area contributed by atoms with Crippen LogP contribution in [0.2, 0.25) is 5.02 Å². The molecule has 3 aromatic rings. The third-order valence-corrected chi connectivity index (χ3v) is 6.28. The Bertz CT molecular complexity index is 1010. The van der Waals surface area contributed by atoms with E-state index in [0.29, 0.717) is 11.6 Å². The highest BCUT2D eigenvalue weighted by molar-refractivity contribution is 6.31. The van der Waals surface area contributed by atoms with Crippen LogP contribution in [0.4, 0.5) is 5.69 Å². The number of anilines is 1. The van der Waals surface area contributed by atoms with E-state index < -0.39 is 0 Å². The number of hydrogen-bond acceptors (Lipinski definition) is 5. The van der Waals surface area contributed by atoms with Gasteiger partial charge in [0.15, 0.2) is 0 Å². The lowest BCUT2D eigenvalue weighted by Gasteiger charge is -2.38. The number of rotatable bonds is 3. The molecule has 28 heavy (non-hydrogen) atoms. The number of nitrogens with zero attached hydrogens (tertiary/aromatic N) is 4. The predicted octanol–water partition coefficient (Wildman–Crippen LogP) is 3.69. The maximum atomic E-state index is 12.7. The molecule has 2 aliphatic rings. The summed E-state index contributed by atoms with van der Waals surface area (Å²) in [5.41, 5.74) is 1.69. The fourth-order valence-corrected chi connectivity index (χ4v) is 4.70. The minimum Gasteiger partial charge on any atom is -0.460 e. The van der Waals surface area contributed by atoms with Crippen LogP contribution >= 0.6 is 11.6 Å². The molecule has 0 bridgehead atoms. The number of halogens is 1. The normalized spacial score (nSPS) is 21.4. The van der Waals surface area contributed by atoms with Crippen LogP contribution in [0, 0.1) is 5.41 Å². The fourth-order valence-electron chi connectivity index (χ4n) is 4.53. The molecule has 7 heteroatoms. The number of ether oxygens (including phenoxy) is 1. The molecule has 0 radical (unpaired) electrons. The molecule has 2 aliphatic heterocycles. The number of carbonyl (C=O) groups excluding carboxylic acids is 1. The molecule has 1 atom stereocenters. The van der Waals surface area contributed by atoms with Gasteiger partial charge in [0.2, 0.25) is 0 Å². The van der Waals surface area contributed by atoms with E-state index in [4.69, 9.17) is 16.3 Å².